The van der Waals surface area contributed by atoms with E-state index < -0.39 is 0 Å². The predicted octanol–water partition coefficient (Wildman–Crippen LogP) is -0.687. The van der Waals surface area contributed by atoms with Crippen molar-refractivity contribution in [1.82, 2.24) is 10.6 Å². The molecule has 1 rings (SSSR count). The van der Waals surface area contributed by atoms with Crippen molar-refractivity contribution in [1.29, 1.82) is 0 Å². The van der Waals surface area contributed by atoms with E-state index in [2.05, 4.69) is 10.6 Å². The molecule has 0 saturated carbocycles. The van der Waals surface area contributed by atoms with Crippen LogP contribution < -0.4 is 10.6 Å². The first kappa shape index (κ1) is 6.01. The Morgan fingerprint density at radius 2 is 2.62 bits per heavy atom. The highest BCUT2D eigenvalue weighted by atomic mass is 16.5. The number of piperazine rings is 1. The Bertz CT molecular complexity index is 61.4. The third kappa shape index (κ3) is 1.43. The van der Waals surface area contributed by atoms with E-state index in [1.807, 2.05) is 6.54 Å². The van der Waals surface area contributed by atoms with E-state index in [0.29, 0.717) is 0 Å². The van der Waals surface area contributed by atoms with Crippen molar-refractivity contribution in [2.75, 3.05) is 20.2 Å². The molecule has 3 heteroatoms. The third-order valence-corrected chi connectivity index (χ3v) is 1.16. The van der Waals surface area contributed by atoms with Crippen molar-refractivity contribution in [3.63, 3.8) is 0 Å². The molecule has 1 aliphatic heterocycles. The van der Waals surface area contributed by atoms with Crippen LogP contribution in [0.15, 0.2) is 0 Å². The molecule has 0 aromatic heterocycles. The van der Waals surface area contributed by atoms with Crippen LogP contribution in [0.1, 0.15) is 0 Å². The lowest BCUT2D eigenvalue weighted by atomic mass is 10.4. The normalized spacial score (nSPS) is 30.4. The summed E-state index contributed by atoms with van der Waals surface area (Å²) in [5.41, 5.74) is 0. The van der Waals surface area contributed by atoms with E-state index >= 15 is 0 Å². The number of ether oxygens (including phenoxy) is 1. The lowest BCUT2D eigenvalue weighted by Crippen LogP contribution is -2.46. The molecule has 0 aromatic carbocycles. The first-order valence-corrected chi connectivity index (χ1v) is 2.74. The second-order valence-corrected chi connectivity index (χ2v) is 1.75. The molecule has 8 heavy (non-hydrogen) atoms. The molecule has 0 aromatic rings. The van der Waals surface area contributed by atoms with Crippen LogP contribution in [0.3, 0.4) is 0 Å². The summed E-state index contributed by atoms with van der Waals surface area (Å²) >= 11 is 0. The number of hydrogen-bond donors (Lipinski definition) is 2. The van der Waals surface area contributed by atoms with Gasteiger partial charge in [-0.25, -0.2) is 0 Å². The SMILES string of the molecule is COC1CNC[CH]N1. The van der Waals surface area contributed by atoms with Crippen molar-refractivity contribution in [2.45, 2.75) is 6.23 Å². The van der Waals surface area contributed by atoms with Gasteiger partial charge < -0.3 is 10.1 Å². The van der Waals surface area contributed by atoms with Crippen LogP contribution >= 0.6 is 0 Å². The molecule has 1 heterocycles. The standard InChI is InChI=1S/C5H11N2O/c1-8-5-4-6-2-3-7-5/h3,5-7H,2,4H2,1H3. The summed E-state index contributed by atoms with van der Waals surface area (Å²) in [5.74, 6) is 0. The van der Waals surface area contributed by atoms with Gasteiger partial charge in [0.2, 0.25) is 0 Å². The van der Waals surface area contributed by atoms with Crippen molar-refractivity contribution in [3.8, 4) is 0 Å². The number of hydrogen-bond acceptors (Lipinski definition) is 3. The number of rotatable bonds is 1. The molecule has 3 nitrogen and oxygen atoms in total. The van der Waals surface area contributed by atoms with Gasteiger partial charge in [0.25, 0.3) is 0 Å². The van der Waals surface area contributed by atoms with Gasteiger partial charge in [0.1, 0.15) is 6.23 Å². The highest BCUT2D eigenvalue weighted by Crippen LogP contribution is 1.87. The summed E-state index contributed by atoms with van der Waals surface area (Å²) in [6.07, 6.45) is 0.170. The Kier molecular flexibility index (Phi) is 2.27. The Morgan fingerprint density at radius 3 is 3.00 bits per heavy atom. The zero-order valence-corrected chi connectivity index (χ0v) is 4.98. The van der Waals surface area contributed by atoms with Gasteiger partial charge in [-0.1, -0.05) is 0 Å². The first-order chi connectivity index (χ1) is 3.93. The minimum atomic E-state index is 0.170. The molecular weight excluding hydrogens is 104 g/mol. The van der Waals surface area contributed by atoms with Gasteiger partial charge in [0.05, 0.1) is 0 Å². The number of nitrogens with one attached hydrogen (secondary N) is 2. The summed E-state index contributed by atoms with van der Waals surface area (Å²) < 4.78 is 4.99. The average molecular weight is 115 g/mol. The summed E-state index contributed by atoms with van der Waals surface area (Å²) in [7, 11) is 1.69. The fraction of sp³-hybridized carbons (Fsp3) is 0.800. The van der Waals surface area contributed by atoms with Crippen LogP contribution in [-0.2, 0) is 4.74 Å². The highest BCUT2D eigenvalue weighted by molar-refractivity contribution is 4.75. The molecular formula is C5H11N2O. The summed E-state index contributed by atoms with van der Waals surface area (Å²) in [5, 5.41) is 6.20. The van der Waals surface area contributed by atoms with Gasteiger partial charge in [-0.3, -0.25) is 5.32 Å². The van der Waals surface area contributed by atoms with E-state index in [1.54, 1.807) is 7.11 Å². The van der Waals surface area contributed by atoms with E-state index in [9.17, 15) is 0 Å². The van der Waals surface area contributed by atoms with Gasteiger partial charge in [-0.05, 0) is 0 Å². The van der Waals surface area contributed by atoms with Crippen molar-refractivity contribution >= 4 is 0 Å². The van der Waals surface area contributed by atoms with Crippen LogP contribution in [0.4, 0.5) is 0 Å². The molecule has 0 aliphatic carbocycles. The van der Waals surface area contributed by atoms with E-state index in [-0.39, 0.29) is 6.23 Å². The van der Waals surface area contributed by atoms with E-state index in [1.165, 1.54) is 0 Å². The Hall–Kier alpha value is -0.120. The van der Waals surface area contributed by atoms with Crippen molar-refractivity contribution < 1.29 is 4.74 Å². The van der Waals surface area contributed by atoms with Gasteiger partial charge in [0, 0.05) is 26.7 Å². The molecule has 1 radical (unpaired) electrons. The maximum atomic E-state index is 4.99. The molecule has 0 amide bonds. The molecule has 47 valence electrons. The molecule has 1 saturated heterocycles. The molecule has 1 aliphatic rings. The first-order valence-electron chi connectivity index (χ1n) is 2.74. The highest BCUT2D eigenvalue weighted by Gasteiger charge is 2.08. The van der Waals surface area contributed by atoms with Gasteiger partial charge in [-0.2, -0.15) is 0 Å². The smallest absolute Gasteiger partial charge is 0.120 e. The summed E-state index contributed by atoms with van der Waals surface area (Å²) in [6.45, 7) is 3.78. The molecule has 1 atom stereocenters. The zero-order valence-electron chi connectivity index (χ0n) is 4.98. The largest absolute Gasteiger partial charge is 0.365 e. The Balaban J connectivity index is 2.13. The lowest BCUT2D eigenvalue weighted by Gasteiger charge is -2.22. The van der Waals surface area contributed by atoms with Crippen LogP contribution in [0, 0.1) is 6.54 Å². The quantitative estimate of drug-likeness (QED) is 0.474. The second kappa shape index (κ2) is 3.02. The van der Waals surface area contributed by atoms with Gasteiger partial charge in [-0.15, -0.1) is 0 Å². The summed E-state index contributed by atoms with van der Waals surface area (Å²) in [6, 6.07) is 0. The summed E-state index contributed by atoms with van der Waals surface area (Å²) in [4.78, 5) is 0. The molecule has 1 fully saturated rings. The molecule has 0 spiro atoms. The van der Waals surface area contributed by atoms with E-state index in [0.717, 1.165) is 13.1 Å². The molecule has 1 unspecified atom stereocenters. The fourth-order valence-electron chi connectivity index (χ4n) is 0.687. The number of methoxy groups -OCH3 is 1. The van der Waals surface area contributed by atoms with Gasteiger partial charge >= 0.3 is 0 Å². The predicted molar refractivity (Wildman–Crippen MR) is 31.1 cm³/mol. The molecule has 0 bridgehead atoms. The average Bonchev–Trinajstić information content (AvgIpc) is 1.90. The second-order valence-electron chi connectivity index (χ2n) is 1.75. The van der Waals surface area contributed by atoms with Crippen LogP contribution in [-0.4, -0.2) is 26.4 Å². The van der Waals surface area contributed by atoms with Crippen LogP contribution in [0.25, 0.3) is 0 Å². The van der Waals surface area contributed by atoms with Crippen LogP contribution in [0.2, 0.25) is 0 Å². The molecule has 2 N–H and O–H groups in total. The minimum absolute atomic E-state index is 0.170. The topological polar surface area (TPSA) is 33.3 Å². The van der Waals surface area contributed by atoms with Crippen LogP contribution in [0.5, 0.6) is 0 Å². The Labute approximate surface area is 49.4 Å². The zero-order chi connectivity index (χ0) is 5.82. The maximum Gasteiger partial charge on any atom is 0.120 e. The van der Waals surface area contributed by atoms with Crippen molar-refractivity contribution in [2.24, 2.45) is 0 Å². The van der Waals surface area contributed by atoms with E-state index in [4.69, 9.17) is 4.74 Å². The van der Waals surface area contributed by atoms with Gasteiger partial charge in [0.15, 0.2) is 0 Å². The minimum Gasteiger partial charge on any atom is -0.365 e. The maximum absolute atomic E-state index is 4.99. The van der Waals surface area contributed by atoms with Crippen molar-refractivity contribution in [3.05, 3.63) is 6.54 Å². The Morgan fingerprint density at radius 1 is 1.75 bits per heavy atom. The third-order valence-electron chi connectivity index (χ3n) is 1.16. The fourth-order valence-corrected chi connectivity index (χ4v) is 0.687. The monoisotopic (exact) mass is 115 g/mol. The lowest BCUT2D eigenvalue weighted by molar-refractivity contribution is 0.0716.